The molecule has 0 radical (unpaired) electrons. The van der Waals surface area contributed by atoms with Crippen molar-refractivity contribution in [1.29, 1.82) is 0 Å². The normalized spacial score (nSPS) is 21.5. The van der Waals surface area contributed by atoms with Gasteiger partial charge < -0.3 is 19.9 Å². The summed E-state index contributed by atoms with van der Waals surface area (Å²) >= 11 is 0. The van der Waals surface area contributed by atoms with Crippen molar-refractivity contribution >= 4 is 27.3 Å². The highest BCUT2D eigenvalue weighted by Gasteiger charge is 2.22. The third-order valence-electron chi connectivity index (χ3n) is 5.07. The van der Waals surface area contributed by atoms with Gasteiger partial charge in [-0.05, 0) is 43.7 Å². The van der Waals surface area contributed by atoms with Crippen molar-refractivity contribution in [2.45, 2.75) is 25.3 Å². The quantitative estimate of drug-likeness (QED) is 0.693. The van der Waals surface area contributed by atoms with E-state index in [2.05, 4.69) is 19.8 Å². The lowest BCUT2D eigenvalue weighted by atomic mass is 10.1. The Labute approximate surface area is 167 Å². The predicted molar refractivity (Wildman–Crippen MR) is 110 cm³/mol. The van der Waals surface area contributed by atoms with Gasteiger partial charge >= 0.3 is 0 Å². The molecule has 1 unspecified atom stereocenters. The maximum atomic E-state index is 12.3. The molecule has 28 heavy (non-hydrogen) atoms. The van der Waals surface area contributed by atoms with E-state index in [9.17, 15) is 13.2 Å². The summed E-state index contributed by atoms with van der Waals surface area (Å²) in [6, 6.07) is 7.82. The zero-order valence-electron chi connectivity index (χ0n) is 16.4. The van der Waals surface area contributed by atoms with Crippen molar-refractivity contribution in [3.63, 3.8) is 0 Å². The number of likely N-dealkylation sites (tertiary alicyclic amines) is 1. The number of sulfonamides is 1. The molecule has 2 fully saturated rings. The van der Waals surface area contributed by atoms with Crippen molar-refractivity contribution in [2.75, 3.05) is 62.4 Å². The van der Waals surface area contributed by atoms with Crippen LogP contribution >= 0.6 is 0 Å². The fraction of sp³-hybridized carbons (Fsp3) is 0.632. The number of hydrogen-bond donors (Lipinski definition) is 2. The van der Waals surface area contributed by atoms with Crippen LogP contribution < -0.4 is 14.9 Å². The Bertz CT molecular complexity index is 748. The number of amides is 1. The highest BCUT2D eigenvalue weighted by molar-refractivity contribution is 7.88. The molecule has 0 saturated carbocycles. The van der Waals surface area contributed by atoms with Crippen LogP contribution in [-0.2, 0) is 19.6 Å². The molecule has 0 bridgehead atoms. The predicted octanol–water partition coefficient (Wildman–Crippen LogP) is 0.865. The number of piperidine rings is 1. The van der Waals surface area contributed by atoms with Gasteiger partial charge in [0.1, 0.15) is 0 Å². The fourth-order valence-corrected chi connectivity index (χ4v) is 4.52. The van der Waals surface area contributed by atoms with Crippen LogP contribution in [0.2, 0.25) is 0 Å². The minimum atomic E-state index is -3.20. The highest BCUT2D eigenvalue weighted by Crippen LogP contribution is 2.19. The summed E-state index contributed by atoms with van der Waals surface area (Å²) in [4.78, 5) is 16.7. The first-order chi connectivity index (χ1) is 13.4. The Morgan fingerprint density at radius 1 is 1.18 bits per heavy atom. The number of benzene rings is 1. The van der Waals surface area contributed by atoms with Crippen LogP contribution in [0.5, 0.6) is 0 Å². The molecule has 1 amide bonds. The van der Waals surface area contributed by atoms with Crippen LogP contribution in [0.15, 0.2) is 24.3 Å². The molecular formula is C19H30N4O4S. The van der Waals surface area contributed by atoms with Gasteiger partial charge in [0, 0.05) is 50.0 Å². The van der Waals surface area contributed by atoms with Crippen LogP contribution in [0.25, 0.3) is 0 Å². The Kier molecular flexibility index (Phi) is 7.28. The van der Waals surface area contributed by atoms with Gasteiger partial charge in [-0.25, -0.2) is 13.1 Å². The van der Waals surface area contributed by atoms with E-state index in [-0.39, 0.29) is 11.9 Å². The second kappa shape index (κ2) is 9.69. The van der Waals surface area contributed by atoms with Crippen molar-refractivity contribution in [3.8, 4) is 0 Å². The average molecular weight is 411 g/mol. The zero-order chi connectivity index (χ0) is 20.0. The van der Waals surface area contributed by atoms with Gasteiger partial charge in [-0.2, -0.15) is 0 Å². The minimum Gasteiger partial charge on any atom is -0.378 e. The second-order valence-electron chi connectivity index (χ2n) is 7.47. The van der Waals surface area contributed by atoms with Gasteiger partial charge in [-0.3, -0.25) is 4.79 Å². The number of anilines is 2. The highest BCUT2D eigenvalue weighted by atomic mass is 32.2. The largest absolute Gasteiger partial charge is 0.378 e. The van der Waals surface area contributed by atoms with E-state index >= 15 is 0 Å². The van der Waals surface area contributed by atoms with Crippen LogP contribution in [0.4, 0.5) is 11.4 Å². The first kappa shape index (κ1) is 21.0. The molecule has 2 heterocycles. The molecule has 2 saturated heterocycles. The minimum absolute atomic E-state index is 0.0303. The Morgan fingerprint density at radius 3 is 2.57 bits per heavy atom. The molecule has 156 valence electrons. The van der Waals surface area contributed by atoms with E-state index in [1.54, 1.807) is 0 Å². The third kappa shape index (κ3) is 6.73. The average Bonchev–Trinajstić information content (AvgIpc) is 2.67. The van der Waals surface area contributed by atoms with Crippen LogP contribution in [0, 0.1) is 0 Å². The van der Waals surface area contributed by atoms with E-state index in [4.69, 9.17) is 4.74 Å². The van der Waals surface area contributed by atoms with E-state index < -0.39 is 10.0 Å². The second-order valence-corrected chi connectivity index (χ2v) is 9.25. The number of nitrogens with one attached hydrogen (secondary N) is 2. The first-order valence-electron chi connectivity index (χ1n) is 9.81. The lowest BCUT2D eigenvalue weighted by Gasteiger charge is -2.32. The first-order valence-corrected chi connectivity index (χ1v) is 11.7. The number of morpholine rings is 1. The lowest BCUT2D eigenvalue weighted by Crippen LogP contribution is -2.47. The molecule has 3 rings (SSSR count). The molecule has 0 spiro atoms. The molecule has 0 aliphatic carbocycles. The van der Waals surface area contributed by atoms with Crippen molar-refractivity contribution in [3.05, 3.63) is 24.3 Å². The van der Waals surface area contributed by atoms with Crippen molar-refractivity contribution < 1.29 is 17.9 Å². The summed E-state index contributed by atoms with van der Waals surface area (Å²) in [7, 11) is -3.20. The van der Waals surface area contributed by atoms with Crippen LogP contribution in [-0.4, -0.2) is 77.5 Å². The van der Waals surface area contributed by atoms with Gasteiger partial charge in [-0.1, -0.05) is 0 Å². The van der Waals surface area contributed by atoms with Gasteiger partial charge in [0.25, 0.3) is 0 Å². The monoisotopic (exact) mass is 410 g/mol. The summed E-state index contributed by atoms with van der Waals surface area (Å²) < 4.78 is 30.8. The van der Waals surface area contributed by atoms with Gasteiger partial charge in [0.15, 0.2) is 0 Å². The van der Waals surface area contributed by atoms with Crippen molar-refractivity contribution in [1.82, 2.24) is 9.62 Å². The number of rotatable bonds is 7. The summed E-state index contributed by atoms with van der Waals surface area (Å²) in [5.41, 5.74) is 1.93. The molecule has 9 heteroatoms. The molecule has 0 aromatic heterocycles. The SMILES string of the molecule is CS(=O)(=O)NC1CCCN(CCC(=O)Nc2ccc(N3CCOCC3)cc2)C1. The molecule has 1 aromatic carbocycles. The fourth-order valence-electron chi connectivity index (χ4n) is 3.72. The molecule has 1 atom stereocenters. The van der Waals surface area contributed by atoms with Gasteiger partial charge in [0.05, 0.1) is 19.5 Å². The third-order valence-corrected chi connectivity index (χ3v) is 5.83. The number of carbonyl (C=O) groups is 1. The van der Waals surface area contributed by atoms with Crippen molar-refractivity contribution in [2.24, 2.45) is 0 Å². The number of nitrogens with zero attached hydrogens (tertiary/aromatic N) is 2. The standard InChI is InChI=1S/C19H30N4O4S/c1-28(25,26)21-17-3-2-9-22(15-17)10-8-19(24)20-16-4-6-18(7-5-16)23-11-13-27-14-12-23/h4-7,17,21H,2-3,8-15H2,1H3,(H,20,24). The van der Waals surface area contributed by atoms with Gasteiger partial charge in [0.2, 0.25) is 15.9 Å². The van der Waals surface area contributed by atoms with E-state index in [1.165, 1.54) is 6.26 Å². The van der Waals surface area contributed by atoms with E-state index in [1.807, 2.05) is 24.3 Å². The molecule has 2 aliphatic rings. The van der Waals surface area contributed by atoms with E-state index in [0.29, 0.717) is 19.5 Å². The maximum absolute atomic E-state index is 12.3. The smallest absolute Gasteiger partial charge is 0.225 e. The van der Waals surface area contributed by atoms with Crippen LogP contribution in [0.1, 0.15) is 19.3 Å². The molecule has 1 aromatic rings. The maximum Gasteiger partial charge on any atom is 0.225 e. The number of hydrogen-bond acceptors (Lipinski definition) is 6. The zero-order valence-corrected chi connectivity index (χ0v) is 17.2. The number of carbonyl (C=O) groups excluding carboxylic acids is 1. The molecule has 2 N–H and O–H groups in total. The summed E-state index contributed by atoms with van der Waals surface area (Å²) in [6.07, 6.45) is 3.34. The number of ether oxygens (including phenoxy) is 1. The van der Waals surface area contributed by atoms with Crippen LogP contribution in [0.3, 0.4) is 0 Å². The van der Waals surface area contributed by atoms with E-state index in [0.717, 1.165) is 57.1 Å². The molecule has 2 aliphatic heterocycles. The summed E-state index contributed by atoms with van der Waals surface area (Å²) in [6.45, 7) is 5.43. The lowest BCUT2D eigenvalue weighted by molar-refractivity contribution is -0.116. The molecule has 8 nitrogen and oxygen atoms in total. The summed E-state index contributed by atoms with van der Waals surface area (Å²) in [5, 5.41) is 2.94. The molecular weight excluding hydrogens is 380 g/mol. The Morgan fingerprint density at radius 2 is 1.89 bits per heavy atom. The van der Waals surface area contributed by atoms with Gasteiger partial charge in [-0.15, -0.1) is 0 Å². The Balaban J connectivity index is 1.42. The summed E-state index contributed by atoms with van der Waals surface area (Å²) in [5.74, 6) is -0.0303. The Hall–Kier alpha value is -1.68. The topological polar surface area (TPSA) is 91.0 Å².